The van der Waals surface area contributed by atoms with E-state index in [2.05, 4.69) is 158 Å². The van der Waals surface area contributed by atoms with Gasteiger partial charge >= 0.3 is 0 Å². The molecule has 0 N–H and O–H groups in total. The normalized spacial score (nSPS) is 11.7. The fraction of sp³-hybridized carbons (Fsp3) is 0. The summed E-state index contributed by atoms with van der Waals surface area (Å²) in [5.74, 6) is 1.84. The van der Waals surface area contributed by atoms with Gasteiger partial charge in [0.2, 0.25) is 0 Å². The van der Waals surface area contributed by atoms with E-state index < -0.39 is 0 Å². The highest BCUT2D eigenvalue weighted by atomic mass is 32.1. The van der Waals surface area contributed by atoms with Crippen LogP contribution in [-0.2, 0) is 0 Å². The predicted molar refractivity (Wildman–Crippen MR) is 225 cm³/mol. The van der Waals surface area contributed by atoms with E-state index in [9.17, 15) is 0 Å². The van der Waals surface area contributed by atoms with Gasteiger partial charge < -0.3 is 4.42 Å². The molecule has 0 spiro atoms. The molecule has 0 atom stereocenters. The van der Waals surface area contributed by atoms with Crippen LogP contribution in [-0.4, -0.2) is 15.0 Å². The number of furan rings is 1. The second-order valence-electron chi connectivity index (χ2n) is 13.6. The molecule has 54 heavy (non-hydrogen) atoms. The molecule has 0 saturated heterocycles. The molecule has 0 bridgehead atoms. The highest BCUT2D eigenvalue weighted by molar-refractivity contribution is 7.25. The molecule has 5 heteroatoms. The van der Waals surface area contributed by atoms with Crippen LogP contribution in [0.25, 0.3) is 109 Å². The van der Waals surface area contributed by atoms with Gasteiger partial charge in [-0.15, -0.1) is 11.3 Å². The van der Waals surface area contributed by atoms with E-state index in [0.717, 1.165) is 60.7 Å². The van der Waals surface area contributed by atoms with Crippen LogP contribution in [0.3, 0.4) is 0 Å². The number of aromatic nitrogens is 3. The average molecular weight is 708 g/mol. The molecule has 0 amide bonds. The van der Waals surface area contributed by atoms with E-state index in [1.54, 1.807) is 11.3 Å². The lowest BCUT2D eigenvalue weighted by atomic mass is 9.98. The molecule has 4 nitrogen and oxygen atoms in total. The minimum Gasteiger partial charge on any atom is -0.456 e. The lowest BCUT2D eigenvalue weighted by Gasteiger charge is -2.12. The Labute approximate surface area is 314 Å². The first-order valence-electron chi connectivity index (χ1n) is 18.0. The molecule has 0 unspecified atom stereocenters. The number of hydrogen-bond acceptors (Lipinski definition) is 5. The molecule has 3 aromatic heterocycles. The zero-order valence-electron chi connectivity index (χ0n) is 28.9. The quantitative estimate of drug-likeness (QED) is 0.179. The van der Waals surface area contributed by atoms with Crippen molar-refractivity contribution < 1.29 is 4.42 Å². The maximum Gasteiger partial charge on any atom is 0.164 e. The molecule has 11 rings (SSSR count). The smallest absolute Gasteiger partial charge is 0.164 e. The highest BCUT2D eigenvalue weighted by Gasteiger charge is 2.21. The van der Waals surface area contributed by atoms with Crippen LogP contribution < -0.4 is 0 Å². The molecule has 11 aromatic rings. The zero-order chi connectivity index (χ0) is 35.6. The average Bonchev–Trinajstić information content (AvgIpc) is 3.82. The Morgan fingerprint density at radius 2 is 1.00 bits per heavy atom. The molecule has 0 radical (unpaired) electrons. The van der Waals surface area contributed by atoms with Crippen molar-refractivity contribution in [3.8, 4) is 56.4 Å². The third-order valence-electron chi connectivity index (χ3n) is 10.3. The molecular weight excluding hydrogens is 679 g/mol. The van der Waals surface area contributed by atoms with Crippen molar-refractivity contribution in [1.29, 1.82) is 0 Å². The Balaban J connectivity index is 1.16. The molecule has 252 valence electrons. The predicted octanol–water partition coefficient (Wildman–Crippen LogP) is 13.6. The van der Waals surface area contributed by atoms with Gasteiger partial charge in [-0.2, -0.15) is 0 Å². The van der Waals surface area contributed by atoms with Crippen LogP contribution in [0, 0.1) is 0 Å². The number of fused-ring (bicyclic) bond motifs is 7. The summed E-state index contributed by atoms with van der Waals surface area (Å²) in [6, 6.07) is 61.5. The third-order valence-corrected chi connectivity index (χ3v) is 11.5. The first kappa shape index (κ1) is 30.7. The van der Waals surface area contributed by atoms with Crippen molar-refractivity contribution in [2.24, 2.45) is 0 Å². The van der Waals surface area contributed by atoms with Crippen LogP contribution >= 0.6 is 11.3 Å². The molecule has 8 aromatic carbocycles. The Bertz CT molecular complexity index is 3220. The van der Waals surface area contributed by atoms with Crippen LogP contribution in [0.2, 0.25) is 0 Å². The van der Waals surface area contributed by atoms with Gasteiger partial charge in [-0.1, -0.05) is 140 Å². The van der Waals surface area contributed by atoms with Crippen LogP contribution in [0.5, 0.6) is 0 Å². The van der Waals surface area contributed by atoms with E-state index in [-0.39, 0.29) is 0 Å². The van der Waals surface area contributed by atoms with Crippen LogP contribution in [0.4, 0.5) is 0 Å². The number of para-hydroxylation sites is 1. The van der Waals surface area contributed by atoms with E-state index in [1.165, 1.54) is 31.1 Å². The monoisotopic (exact) mass is 707 g/mol. The fourth-order valence-electron chi connectivity index (χ4n) is 7.72. The molecule has 0 aliphatic heterocycles. The van der Waals surface area contributed by atoms with E-state index in [1.807, 2.05) is 18.2 Å². The minimum atomic E-state index is 0.597. The number of nitrogens with zero attached hydrogens (tertiary/aromatic N) is 3. The van der Waals surface area contributed by atoms with Crippen molar-refractivity contribution in [1.82, 2.24) is 15.0 Å². The molecule has 3 heterocycles. The standard InChI is InChI=1S/C49H29N3OS/c1-2-11-30(12-3-1)36-28-40(45-37-15-6-8-18-41(37)53-42(45)29-36)49-51-47(33-24-21-32(22-25-33)35-26-23-31-13-4-5-14-34(31)27-35)50-48(52-49)39-17-10-20-44-46(39)38-16-7-9-19-43(38)54-44/h1-29H. The first-order valence-corrected chi connectivity index (χ1v) is 18.8. The Morgan fingerprint density at radius 1 is 0.352 bits per heavy atom. The molecule has 0 saturated carbocycles. The van der Waals surface area contributed by atoms with Gasteiger partial charge in [-0.05, 0) is 69.4 Å². The zero-order valence-corrected chi connectivity index (χ0v) is 29.7. The summed E-state index contributed by atoms with van der Waals surface area (Å²) in [5.41, 5.74) is 8.84. The van der Waals surface area contributed by atoms with Crippen molar-refractivity contribution in [2.45, 2.75) is 0 Å². The van der Waals surface area contributed by atoms with Gasteiger partial charge in [0, 0.05) is 47.6 Å². The summed E-state index contributed by atoms with van der Waals surface area (Å²) in [6.07, 6.45) is 0. The van der Waals surface area contributed by atoms with Gasteiger partial charge in [0.15, 0.2) is 17.5 Å². The lowest BCUT2D eigenvalue weighted by Crippen LogP contribution is -2.01. The number of thiophene rings is 1. The van der Waals surface area contributed by atoms with Gasteiger partial charge in [-0.3, -0.25) is 0 Å². The molecular formula is C49H29N3OS. The fourth-order valence-corrected chi connectivity index (χ4v) is 8.85. The lowest BCUT2D eigenvalue weighted by molar-refractivity contribution is 0.669. The van der Waals surface area contributed by atoms with Gasteiger partial charge in [-0.25, -0.2) is 15.0 Å². The van der Waals surface area contributed by atoms with E-state index in [4.69, 9.17) is 19.4 Å². The minimum absolute atomic E-state index is 0.597. The molecule has 0 aliphatic carbocycles. The van der Waals surface area contributed by atoms with Gasteiger partial charge in [0.1, 0.15) is 11.2 Å². The first-order chi connectivity index (χ1) is 26.7. The maximum atomic E-state index is 6.51. The second kappa shape index (κ2) is 12.3. The van der Waals surface area contributed by atoms with Gasteiger partial charge in [0.25, 0.3) is 0 Å². The number of rotatable bonds is 5. The van der Waals surface area contributed by atoms with Crippen molar-refractivity contribution in [3.05, 3.63) is 176 Å². The molecule has 0 aliphatic rings. The summed E-state index contributed by atoms with van der Waals surface area (Å²) in [6.45, 7) is 0. The Kier molecular flexibility index (Phi) is 7.00. The summed E-state index contributed by atoms with van der Waals surface area (Å²) in [5, 5.41) is 6.81. The molecule has 0 fully saturated rings. The van der Waals surface area contributed by atoms with Gasteiger partial charge in [0.05, 0.1) is 0 Å². The number of benzene rings is 8. The highest BCUT2D eigenvalue weighted by Crippen LogP contribution is 2.42. The van der Waals surface area contributed by atoms with Crippen molar-refractivity contribution in [2.75, 3.05) is 0 Å². The SMILES string of the molecule is c1ccc(-c2cc(-c3nc(-c4ccc(-c5ccc6ccccc6c5)cc4)nc(-c4cccc5sc6ccccc6c45)n3)c3c(c2)oc2ccccc23)cc1. The van der Waals surface area contributed by atoms with Crippen LogP contribution in [0.1, 0.15) is 0 Å². The maximum absolute atomic E-state index is 6.51. The summed E-state index contributed by atoms with van der Waals surface area (Å²) in [4.78, 5) is 15.9. The summed E-state index contributed by atoms with van der Waals surface area (Å²) >= 11 is 1.79. The van der Waals surface area contributed by atoms with E-state index >= 15 is 0 Å². The van der Waals surface area contributed by atoms with Crippen LogP contribution in [0.15, 0.2) is 180 Å². The second-order valence-corrected chi connectivity index (χ2v) is 14.7. The summed E-state index contributed by atoms with van der Waals surface area (Å²) < 4.78 is 8.95. The largest absolute Gasteiger partial charge is 0.456 e. The van der Waals surface area contributed by atoms with Crippen molar-refractivity contribution in [3.63, 3.8) is 0 Å². The number of hydrogen-bond donors (Lipinski definition) is 0. The Hall–Kier alpha value is -6.95. The third kappa shape index (κ3) is 5.09. The Morgan fingerprint density at radius 3 is 1.87 bits per heavy atom. The van der Waals surface area contributed by atoms with E-state index in [0.29, 0.717) is 17.5 Å². The topological polar surface area (TPSA) is 51.8 Å². The van der Waals surface area contributed by atoms with Crippen molar-refractivity contribution >= 4 is 64.2 Å². The summed E-state index contributed by atoms with van der Waals surface area (Å²) in [7, 11) is 0.